The minimum absolute atomic E-state index is 0.180. The number of anilines is 1. The van der Waals surface area contributed by atoms with Gasteiger partial charge in [-0.15, -0.1) is 0 Å². The molecule has 41 heavy (non-hydrogen) atoms. The largest absolute Gasteiger partial charge is 0.444 e. The van der Waals surface area contributed by atoms with Crippen LogP contribution in [-0.2, 0) is 14.2 Å². The second-order valence-corrected chi connectivity index (χ2v) is 26.6. The van der Waals surface area contributed by atoms with Crippen LogP contribution in [0.4, 0.5) is 10.6 Å². The molecule has 9 nitrogen and oxygen atoms in total. The molecule has 11 heteroatoms. The van der Waals surface area contributed by atoms with Gasteiger partial charge in [-0.1, -0.05) is 39.3 Å². The molecule has 2 aliphatic heterocycles. The Kier molecular flexibility index (Phi) is 9.92. The van der Waals surface area contributed by atoms with Crippen LogP contribution >= 0.6 is 0 Å². The summed E-state index contributed by atoms with van der Waals surface area (Å²) in [6, 6.07) is 6.76. The van der Waals surface area contributed by atoms with Gasteiger partial charge in [0.25, 0.3) is 0 Å². The van der Waals surface area contributed by atoms with Crippen molar-refractivity contribution >= 4 is 33.7 Å². The van der Waals surface area contributed by atoms with Gasteiger partial charge in [-0.25, -0.2) is 9.78 Å². The summed E-state index contributed by atoms with van der Waals surface area (Å²) in [6.07, 6.45) is 5.45. The summed E-state index contributed by atoms with van der Waals surface area (Å²) in [5.74, 6) is 1.21. The molecule has 2 fully saturated rings. The standard InChI is InChI=1S/C30H53N5O4Si2/c1-30(2,3)39-29(36)34-24-10-11-25(34)19-23(18-24)26-20-28(35-27(32-26)12-13-31-35)33(21-37-14-16-40(4,5)6)22-38-15-17-41(7,8)9/h12-13,20,23-25H,10-11,14-19,21-22H2,1-9H3. The van der Waals surface area contributed by atoms with Gasteiger partial charge >= 0.3 is 6.09 Å². The number of piperidine rings is 1. The molecule has 0 radical (unpaired) electrons. The summed E-state index contributed by atoms with van der Waals surface area (Å²) in [5.41, 5.74) is 1.39. The average Bonchev–Trinajstić information content (AvgIpc) is 3.42. The van der Waals surface area contributed by atoms with Gasteiger partial charge in [-0.05, 0) is 58.5 Å². The number of hydrogen-bond donors (Lipinski definition) is 0. The van der Waals surface area contributed by atoms with Crippen LogP contribution in [0.1, 0.15) is 58.1 Å². The van der Waals surface area contributed by atoms with Crippen molar-refractivity contribution < 1.29 is 19.0 Å². The SMILES string of the molecule is CC(C)(C)OC(=O)N1C2CCC1CC(c1cc(N(COCC[Si](C)(C)C)COCC[Si](C)(C)C)n3nccc3n1)C2. The van der Waals surface area contributed by atoms with Crippen molar-refractivity contribution in [2.45, 2.75) is 121 Å². The number of carbonyl (C=O) groups is 1. The maximum absolute atomic E-state index is 13.0. The van der Waals surface area contributed by atoms with Crippen molar-refractivity contribution in [3.63, 3.8) is 0 Å². The monoisotopic (exact) mass is 603 g/mol. The number of carbonyl (C=O) groups excluding carboxylic acids is 1. The van der Waals surface area contributed by atoms with Crippen LogP contribution in [0.2, 0.25) is 51.4 Å². The van der Waals surface area contributed by atoms with Crippen molar-refractivity contribution in [2.24, 2.45) is 0 Å². The summed E-state index contributed by atoms with van der Waals surface area (Å²) in [5, 5.41) is 4.62. The predicted molar refractivity (Wildman–Crippen MR) is 170 cm³/mol. The van der Waals surface area contributed by atoms with E-state index in [1.165, 1.54) is 0 Å². The molecule has 2 aromatic heterocycles. The van der Waals surface area contributed by atoms with E-state index in [9.17, 15) is 4.79 Å². The van der Waals surface area contributed by atoms with E-state index in [0.29, 0.717) is 13.5 Å². The van der Waals surface area contributed by atoms with Crippen LogP contribution in [0.15, 0.2) is 18.3 Å². The summed E-state index contributed by atoms with van der Waals surface area (Å²) in [6.45, 7) is 22.4. The van der Waals surface area contributed by atoms with Gasteiger partial charge in [0.1, 0.15) is 24.9 Å². The van der Waals surface area contributed by atoms with Gasteiger partial charge in [-0.2, -0.15) is 9.61 Å². The molecular formula is C30H53N5O4Si2. The van der Waals surface area contributed by atoms with E-state index >= 15 is 0 Å². The van der Waals surface area contributed by atoms with Gasteiger partial charge in [0.2, 0.25) is 0 Å². The lowest BCUT2D eigenvalue weighted by molar-refractivity contribution is 0.00569. The topological polar surface area (TPSA) is 81.4 Å². The molecule has 230 valence electrons. The highest BCUT2D eigenvalue weighted by atomic mass is 28.3. The second-order valence-electron chi connectivity index (χ2n) is 15.3. The van der Waals surface area contributed by atoms with Crippen LogP contribution in [0.5, 0.6) is 0 Å². The van der Waals surface area contributed by atoms with E-state index < -0.39 is 21.7 Å². The molecule has 4 heterocycles. The third-order valence-corrected chi connectivity index (χ3v) is 11.3. The molecule has 4 rings (SSSR count). The van der Waals surface area contributed by atoms with E-state index in [1.807, 2.05) is 36.3 Å². The Labute approximate surface area is 248 Å². The zero-order valence-electron chi connectivity index (χ0n) is 26.9. The van der Waals surface area contributed by atoms with Crippen molar-refractivity contribution in [2.75, 3.05) is 31.6 Å². The summed E-state index contributed by atoms with van der Waals surface area (Å²) >= 11 is 0. The molecule has 2 unspecified atom stereocenters. The normalized spacial score (nSPS) is 21.5. The second kappa shape index (κ2) is 12.7. The smallest absolute Gasteiger partial charge is 0.410 e. The summed E-state index contributed by atoms with van der Waals surface area (Å²) in [4.78, 5) is 22.2. The van der Waals surface area contributed by atoms with Gasteiger partial charge in [0.15, 0.2) is 5.65 Å². The lowest BCUT2D eigenvalue weighted by Gasteiger charge is -2.39. The molecular weight excluding hydrogens is 551 g/mol. The van der Waals surface area contributed by atoms with Crippen molar-refractivity contribution in [3.05, 3.63) is 24.0 Å². The molecule has 2 aliphatic rings. The highest BCUT2D eigenvalue weighted by Crippen LogP contribution is 2.44. The molecule has 2 aromatic rings. The maximum atomic E-state index is 13.0. The van der Waals surface area contributed by atoms with Crippen molar-refractivity contribution in [1.82, 2.24) is 19.5 Å². The Morgan fingerprint density at radius 2 is 1.54 bits per heavy atom. The third kappa shape index (κ3) is 9.02. The first-order valence-electron chi connectivity index (χ1n) is 15.4. The lowest BCUT2D eigenvalue weighted by atomic mass is 9.88. The fraction of sp³-hybridized carbons (Fsp3) is 0.767. The molecule has 2 saturated heterocycles. The first kappa shape index (κ1) is 32.0. The number of rotatable bonds is 12. The van der Waals surface area contributed by atoms with Crippen LogP contribution in [0, 0.1) is 0 Å². The molecule has 1 amide bonds. The Morgan fingerprint density at radius 3 is 2.05 bits per heavy atom. The number of fused-ring (bicyclic) bond motifs is 3. The van der Waals surface area contributed by atoms with E-state index in [0.717, 1.165) is 68.1 Å². The molecule has 0 saturated carbocycles. The van der Waals surface area contributed by atoms with Crippen LogP contribution in [-0.4, -0.2) is 86.1 Å². The van der Waals surface area contributed by atoms with Gasteiger partial charge in [0, 0.05) is 65.2 Å². The van der Waals surface area contributed by atoms with Crippen LogP contribution in [0.25, 0.3) is 5.65 Å². The molecule has 0 N–H and O–H groups in total. The highest BCUT2D eigenvalue weighted by Gasteiger charge is 2.45. The van der Waals surface area contributed by atoms with Crippen molar-refractivity contribution in [3.8, 4) is 0 Å². The van der Waals surface area contributed by atoms with Gasteiger partial charge < -0.3 is 24.0 Å². The molecule has 0 aromatic carbocycles. The zero-order chi connectivity index (χ0) is 30.0. The van der Waals surface area contributed by atoms with Crippen LogP contribution < -0.4 is 4.90 Å². The number of amides is 1. The van der Waals surface area contributed by atoms with Crippen LogP contribution in [0.3, 0.4) is 0 Å². The lowest BCUT2D eigenvalue weighted by Crippen LogP contribution is -2.48. The Hall–Kier alpha value is -1.96. The van der Waals surface area contributed by atoms with Gasteiger partial charge in [-0.3, -0.25) is 0 Å². The van der Waals surface area contributed by atoms with E-state index in [2.05, 4.69) is 55.3 Å². The number of hydrogen-bond acceptors (Lipinski definition) is 7. The number of nitrogens with zero attached hydrogens (tertiary/aromatic N) is 5. The first-order chi connectivity index (χ1) is 19.1. The molecule has 0 aliphatic carbocycles. The average molecular weight is 604 g/mol. The molecule has 0 spiro atoms. The predicted octanol–water partition coefficient (Wildman–Crippen LogP) is 6.81. The Bertz CT molecular complexity index is 1130. The Balaban J connectivity index is 1.54. The van der Waals surface area contributed by atoms with Gasteiger partial charge in [0.05, 0.1) is 6.20 Å². The van der Waals surface area contributed by atoms with E-state index in [1.54, 1.807) is 6.20 Å². The highest BCUT2D eigenvalue weighted by molar-refractivity contribution is 6.76. The number of ether oxygens (including phenoxy) is 3. The maximum Gasteiger partial charge on any atom is 0.410 e. The fourth-order valence-corrected chi connectivity index (χ4v) is 7.17. The zero-order valence-corrected chi connectivity index (χ0v) is 28.9. The number of aromatic nitrogens is 3. The summed E-state index contributed by atoms with van der Waals surface area (Å²) in [7, 11) is -2.39. The van der Waals surface area contributed by atoms with E-state index in [-0.39, 0.29) is 24.1 Å². The third-order valence-electron chi connectivity index (χ3n) is 7.93. The first-order valence-corrected chi connectivity index (χ1v) is 22.8. The minimum Gasteiger partial charge on any atom is -0.444 e. The fourth-order valence-electron chi connectivity index (χ4n) is 5.66. The Morgan fingerprint density at radius 1 is 0.976 bits per heavy atom. The molecule has 2 bridgehead atoms. The quantitative estimate of drug-likeness (QED) is 0.150. The van der Waals surface area contributed by atoms with Crippen molar-refractivity contribution in [1.29, 1.82) is 0 Å². The molecule has 2 atom stereocenters. The minimum atomic E-state index is -1.19. The summed E-state index contributed by atoms with van der Waals surface area (Å²) < 4.78 is 20.1. The van der Waals surface area contributed by atoms with E-state index in [4.69, 9.17) is 19.2 Å².